The van der Waals surface area contributed by atoms with E-state index in [4.69, 9.17) is 9.72 Å². The maximum absolute atomic E-state index is 6.20. The summed E-state index contributed by atoms with van der Waals surface area (Å²) in [5.74, 6) is 1.57. The van der Waals surface area contributed by atoms with Crippen molar-refractivity contribution in [1.82, 2.24) is 4.98 Å². The second-order valence-electron chi connectivity index (χ2n) is 6.46. The Bertz CT molecular complexity index is 1160. The Balaban J connectivity index is 2.04. The Hall–Kier alpha value is -2.94. The van der Waals surface area contributed by atoms with Gasteiger partial charge in [0.2, 0.25) is 5.52 Å². The lowest BCUT2D eigenvalue weighted by atomic mass is 9.91. The van der Waals surface area contributed by atoms with E-state index in [1.807, 2.05) is 30.3 Å². The van der Waals surface area contributed by atoms with Crippen molar-refractivity contribution >= 4 is 21.8 Å². The molecule has 0 saturated carbocycles. The highest BCUT2D eigenvalue weighted by Crippen LogP contribution is 2.46. The van der Waals surface area contributed by atoms with E-state index in [1.165, 1.54) is 27.5 Å². The van der Waals surface area contributed by atoms with Crippen LogP contribution in [0.25, 0.3) is 33.1 Å². The Morgan fingerprint density at radius 3 is 2.71 bits per heavy atom. The van der Waals surface area contributed by atoms with E-state index in [0.29, 0.717) is 5.88 Å². The molecule has 0 spiro atoms. The van der Waals surface area contributed by atoms with Crippen molar-refractivity contribution in [3.63, 3.8) is 0 Å². The Kier molecular flexibility index (Phi) is 2.55. The molecule has 3 aromatic carbocycles. The third kappa shape index (κ3) is 1.61. The highest BCUT2D eigenvalue weighted by Gasteiger charge is 2.32. The van der Waals surface area contributed by atoms with Gasteiger partial charge in [0.1, 0.15) is 18.3 Å². The van der Waals surface area contributed by atoms with Gasteiger partial charge in [0, 0.05) is 11.5 Å². The van der Waals surface area contributed by atoms with E-state index in [9.17, 15) is 0 Å². The average molecular weight is 313 g/mol. The lowest BCUT2D eigenvalue weighted by Gasteiger charge is -2.21. The summed E-state index contributed by atoms with van der Waals surface area (Å²) in [7, 11) is 2.09. The Morgan fingerprint density at radius 1 is 1.00 bits per heavy atom. The zero-order valence-electron chi connectivity index (χ0n) is 13.9. The van der Waals surface area contributed by atoms with E-state index in [-0.39, 0.29) is 0 Å². The molecule has 0 atom stereocenters. The Labute approximate surface area is 140 Å². The highest BCUT2D eigenvalue weighted by atomic mass is 16.5. The van der Waals surface area contributed by atoms with E-state index in [2.05, 4.69) is 43.7 Å². The summed E-state index contributed by atoms with van der Waals surface area (Å²) in [4.78, 5) is 4.79. The predicted molar refractivity (Wildman–Crippen MR) is 95.4 cm³/mol. The van der Waals surface area contributed by atoms with Gasteiger partial charge in [-0.3, -0.25) is 0 Å². The number of para-hydroxylation sites is 2. The van der Waals surface area contributed by atoms with Gasteiger partial charge < -0.3 is 4.74 Å². The zero-order chi connectivity index (χ0) is 16.4. The van der Waals surface area contributed by atoms with E-state index < -0.39 is 0 Å². The van der Waals surface area contributed by atoms with Crippen molar-refractivity contribution in [1.29, 1.82) is 0 Å². The summed E-state index contributed by atoms with van der Waals surface area (Å²) in [5, 5.41) is 2.39. The van der Waals surface area contributed by atoms with Gasteiger partial charge in [-0.1, -0.05) is 30.3 Å². The van der Waals surface area contributed by atoms with Gasteiger partial charge in [0.15, 0.2) is 0 Å². The van der Waals surface area contributed by atoms with Crippen LogP contribution in [0.2, 0.25) is 0 Å². The molecule has 0 fully saturated rings. The molecule has 3 nitrogen and oxygen atoms in total. The van der Waals surface area contributed by atoms with Crippen molar-refractivity contribution < 1.29 is 9.30 Å². The number of aryl methyl sites for hydroxylation is 2. The minimum Gasteiger partial charge on any atom is -0.433 e. The number of rotatable bonds is 0. The van der Waals surface area contributed by atoms with E-state index in [1.54, 1.807) is 0 Å². The molecule has 4 aromatic rings. The summed E-state index contributed by atoms with van der Waals surface area (Å²) < 4.78 is 8.40. The molecule has 24 heavy (non-hydrogen) atoms. The van der Waals surface area contributed by atoms with Crippen LogP contribution in [0.4, 0.5) is 0 Å². The van der Waals surface area contributed by atoms with Gasteiger partial charge in [-0.15, -0.1) is 0 Å². The van der Waals surface area contributed by atoms with Gasteiger partial charge >= 0.3 is 0 Å². The number of aromatic nitrogens is 2. The fourth-order valence-corrected chi connectivity index (χ4v) is 3.76. The van der Waals surface area contributed by atoms with Gasteiger partial charge in [0.25, 0.3) is 11.6 Å². The number of hydrogen-bond donors (Lipinski definition) is 0. The molecule has 1 aliphatic heterocycles. The second kappa shape index (κ2) is 4.54. The fraction of sp³-hybridized carbons (Fsp3) is 0.143. The molecule has 116 valence electrons. The van der Waals surface area contributed by atoms with Gasteiger partial charge in [0.05, 0.1) is 5.56 Å². The zero-order valence-corrected chi connectivity index (χ0v) is 13.9. The van der Waals surface area contributed by atoms with E-state index >= 15 is 0 Å². The minimum atomic E-state index is 0.685. The van der Waals surface area contributed by atoms with Crippen LogP contribution in [-0.2, 0) is 7.05 Å². The number of ether oxygens (including phenoxy) is 1. The topological polar surface area (TPSA) is 26.0 Å². The first-order valence-electron chi connectivity index (χ1n) is 8.15. The molecule has 5 rings (SSSR count). The summed E-state index contributed by atoms with van der Waals surface area (Å²) in [5.41, 5.74) is 6.91. The molecule has 3 heteroatoms. The molecule has 2 heterocycles. The summed E-state index contributed by atoms with van der Waals surface area (Å²) in [6.07, 6.45) is 0. The second-order valence-corrected chi connectivity index (χ2v) is 6.46. The number of hydrogen-bond acceptors (Lipinski definition) is 2. The quantitative estimate of drug-likeness (QED) is 0.390. The summed E-state index contributed by atoms with van der Waals surface area (Å²) in [6.45, 7) is 4.35. The summed E-state index contributed by atoms with van der Waals surface area (Å²) in [6, 6.07) is 16.6. The fourth-order valence-electron chi connectivity index (χ4n) is 3.76. The first-order chi connectivity index (χ1) is 11.6. The van der Waals surface area contributed by atoms with Crippen molar-refractivity contribution in [2.75, 3.05) is 0 Å². The normalized spacial score (nSPS) is 12.3. The highest BCUT2D eigenvalue weighted by molar-refractivity contribution is 6.04. The first-order valence-corrected chi connectivity index (χ1v) is 8.15. The Morgan fingerprint density at radius 2 is 1.83 bits per heavy atom. The third-order valence-electron chi connectivity index (χ3n) is 5.09. The minimum absolute atomic E-state index is 0.685. The molecule has 0 aliphatic carbocycles. The molecular weight excluding hydrogens is 296 g/mol. The van der Waals surface area contributed by atoms with Crippen molar-refractivity contribution in [3.8, 4) is 22.9 Å². The van der Waals surface area contributed by atoms with E-state index in [0.717, 1.165) is 22.5 Å². The lowest BCUT2D eigenvalue weighted by Crippen LogP contribution is -2.34. The lowest BCUT2D eigenvalue weighted by molar-refractivity contribution is -0.634. The molecule has 1 aromatic heterocycles. The molecular formula is C21H17N2O+. The van der Waals surface area contributed by atoms with Crippen molar-refractivity contribution in [2.45, 2.75) is 13.8 Å². The van der Waals surface area contributed by atoms with Crippen LogP contribution in [-0.4, -0.2) is 4.98 Å². The largest absolute Gasteiger partial charge is 0.433 e. The summed E-state index contributed by atoms with van der Waals surface area (Å²) >= 11 is 0. The number of fused-ring (bicyclic) bond motifs is 3. The van der Waals surface area contributed by atoms with Crippen molar-refractivity contribution in [3.05, 3.63) is 59.7 Å². The van der Waals surface area contributed by atoms with Crippen LogP contribution in [0, 0.1) is 13.8 Å². The van der Waals surface area contributed by atoms with Gasteiger partial charge in [-0.05, 0) is 42.5 Å². The van der Waals surface area contributed by atoms with Crippen LogP contribution in [0.3, 0.4) is 0 Å². The smallest absolute Gasteiger partial charge is 0.294 e. The van der Waals surface area contributed by atoms with Gasteiger partial charge in [-0.25, -0.2) is 4.98 Å². The molecule has 0 radical (unpaired) electrons. The molecule has 0 N–H and O–H groups in total. The molecule has 0 bridgehead atoms. The number of nitrogens with zero attached hydrogens (tertiary/aromatic N) is 2. The maximum Gasteiger partial charge on any atom is 0.294 e. The first kappa shape index (κ1) is 13.5. The SMILES string of the molecule is Cc1cc2cccc3c2c(c1C)-c1c(nc2ccccc2[n+]1C)O3. The van der Waals surface area contributed by atoms with Crippen LogP contribution in [0.15, 0.2) is 48.5 Å². The van der Waals surface area contributed by atoms with Crippen LogP contribution in [0.5, 0.6) is 11.6 Å². The van der Waals surface area contributed by atoms with Crippen LogP contribution < -0.4 is 9.30 Å². The standard InChI is InChI=1S/C21H17N2O/c1-12-11-14-7-6-10-17-19(14)18(13(12)2)20-21(24-17)22-15-8-4-5-9-16(15)23(20)3/h4-11H,1-3H3/q+1. The van der Waals surface area contributed by atoms with Gasteiger partial charge in [-0.2, -0.15) is 4.57 Å². The number of benzene rings is 3. The molecule has 1 aliphatic rings. The molecule has 0 amide bonds. The third-order valence-corrected chi connectivity index (χ3v) is 5.09. The average Bonchev–Trinajstić information content (AvgIpc) is 2.59. The maximum atomic E-state index is 6.20. The molecule has 0 saturated heterocycles. The molecule has 0 unspecified atom stereocenters. The van der Waals surface area contributed by atoms with Crippen molar-refractivity contribution in [2.24, 2.45) is 7.05 Å². The predicted octanol–water partition coefficient (Wildman–Crippen LogP) is 4.60. The monoisotopic (exact) mass is 313 g/mol. The van der Waals surface area contributed by atoms with Crippen LogP contribution in [0.1, 0.15) is 11.1 Å². The van der Waals surface area contributed by atoms with Crippen LogP contribution >= 0.6 is 0 Å².